The zero-order valence-corrected chi connectivity index (χ0v) is 11.1. The van der Waals surface area contributed by atoms with Gasteiger partial charge in [0.1, 0.15) is 11.4 Å². The Hall–Kier alpha value is -2.31. The zero-order valence-electron chi connectivity index (χ0n) is 11.1. The normalized spacial score (nSPS) is 18.1. The van der Waals surface area contributed by atoms with Crippen LogP contribution in [0.4, 0.5) is 11.4 Å². The number of carboxylic acid groups (broad SMARTS) is 1. The van der Waals surface area contributed by atoms with Crippen LogP contribution in [-0.4, -0.2) is 36.2 Å². The van der Waals surface area contributed by atoms with Crippen molar-refractivity contribution in [1.29, 1.82) is 0 Å². The van der Waals surface area contributed by atoms with Crippen molar-refractivity contribution in [1.82, 2.24) is 0 Å². The van der Waals surface area contributed by atoms with Crippen molar-refractivity contribution in [3.05, 3.63) is 28.3 Å². The summed E-state index contributed by atoms with van der Waals surface area (Å²) in [4.78, 5) is 23.3. The number of anilines is 1. The molecule has 1 aliphatic heterocycles. The summed E-state index contributed by atoms with van der Waals surface area (Å²) in [6, 6.07) is 4.72. The van der Waals surface area contributed by atoms with E-state index in [1.807, 2.05) is 4.90 Å². The lowest BCUT2D eigenvalue weighted by molar-refractivity contribution is -0.384. The van der Waals surface area contributed by atoms with Gasteiger partial charge >= 0.3 is 5.97 Å². The molecule has 7 heteroatoms. The Bertz CT molecular complexity index is 531. The highest BCUT2D eigenvalue weighted by Crippen LogP contribution is 2.35. The van der Waals surface area contributed by atoms with Gasteiger partial charge in [0.15, 0.2) is 0 Å². The molecule has 0 bridgehead atoms. The average Bonchev–Trinajstić information content (AvgIpc) is 2.85. The van der Waals surface area contributed by atoms with Crippen molar-refractivity contribution in [2.24, 2.45) is 5.92 Å². The number of hydrogen-bond acceptors (Lipinski definition) is 5. The molecule has 1 heterocycles. The molecular weight excluding hydrogens is 264 g/mol. The Balaban J connectivity index is 2.21. The predicted octanol–water partition coefficient (Wildman–Crippen LogP) is 1.90. The van der Waals surface area contributed by atoms with Crippen LogP contribution < -0.4 is 9.64 Å². The number of aliphatic carboxylic acids is 1. The maximum absolute atomic E-state index is 11.1. The molecular formula is C13H16N2O5. The minimum absolute atomic E-state index is 0.0136. The highest BCUT2D eigenvalue weighted by atomic mass is 16.6. The first-order valence-corrected chi connectivity index (χ1v) is 6.30. The van der Waals surface area contributed by atoms with Gasteiger partial charge in [0.25, 0.3) is 5.69 Å². The fourth-order valence-corrected chi connectivity index (χ4v) is 2.51. The molecule has 0 aliphatic carbocycles. The summed E-state index contributed by atoms with van der Waals surface area (Å²) >= 11 is 0. The van der Waals surface area contributed by atoms with E-state index in [0.717, 1.165) is 6.42 Å². The van der Waals surface area contributed by atoms with E-state index in [0.29, 0.717) is 24.5 Å². The van der Waals surface area contributed by atoms with E-state index < -0.39 is 10.9 Å². The van der Waals surface area contributed by atoms with Crippen molar-refractivity contribution in [3.8, 4) is 5.75 Å². The summed E-state index contributed by atoms with van der Waals surface area (Å²) in [7, 11) is 1.46. The van der Waals surface area contributed by atoms with Crippen molar-refractivity contribution in [2.75, 3.05) is 25.1 Å². The fraction of sp³-hybridized carbons (Fsp3) is 0.462. The van der Waals surface area contributed by atoms with Gasteiger partial charge in [0, 0.05) is 19.5 Å². The molecule has 1 fully saturated rings. The van der Waals surface area contributed by atoms with E-state index in [-0.39, 0.29) is 18.0 Å². The van der Waals surface area contributed by atoms with Crippen LogP contribution in [0.3, 0.4) is 0 Å². The molecule has 0 spiro atoms. The summed E-state index contributed by atoms with van der Waals surface area (Å²) in [6.45, 7) is 1.16. The average molecular weight is 280 g/mol. The Morgan fingerprint density at radius 3 is 2.95 bits per heavy atom. The Kier molecular flexibility index (Phi) is 4.07. The Morgan fingerprint density at radius 2 is 2.35 bits per heavy atom. The molecule has 108 valence electrons. The summed E-state index contributed by atoms with van der Waals surface area (Å²) in [5.41, 5.74) is 0.504. The fourth-order valence-electron chi connectivity index (χ4n) is 2.51. The quantitative estimate of drug-likeness (QED) is 0.654. The molecule has 1 atom stereocenters. The molecule has 1 unspecified atom stereocenters. The van der Waals surface area contributed by atoms with Crippen LogP contribution in [0.1, 0.15) is 12.8 Å². The van der Waals surface area contributed by atoms with Crippen LogP contribution in [0.5, 0.6) is 5.75 Å². The van der Waals surface area contributed by atoms with Crippen molar-refractivity contribution in [3.63, 3.8) is 0 Å². The van der Waals surface area contributed by atoms with E-state index >= 15 is 0 Å². The van der Waals surface area contributed by atoms with Gasteiger partial charge in [-0.3, -0.25) is 14.9 Å². The summed E-state index contributed by atoms with van der Waals surface area (Å²) in [5, 5.41) is 19.9. The van der Waals surface area contributed by atoms with Gasteiger partial charge in [-0.1, -0.05) is 0 Å². The van der Waals surface area contributed by atoms with E-state index in [9.17, 15) is 14.9 Å². The molecule has 2 rings (SSSR count). The number of rotatable bonds is 5. The Morgan fingerprint density at radius 1 is 1.60 bits per heavy atom. The SMILES string of the molecule is COc1ccc(N2CCC(CC(=O)O)C2)c([N+](=O)[O-])c1. The minimum atomic E-state index is -0.832. The lowest BCUT2D eigenvalue weighted by atomic mass is 10.1. The molecule has 0 saturated carbocycles. The summed E-state index contributed by atoms with van der Waals surface area (Å²) < 4.78 is 5.00. The third kappa shape index (κ3) is 2.98. The third-order valence-electron chi connectivity index (χ3n) is 3.47. The lowest BCUT2D eigenvalue weighted by Gasteiger charge is -2.18. The van der Waals surface area contributed by atoms with Gasteiger partial charge in [-0.15, -0.1) is 0 Å². The molecule has 20 heavy (non-hydrogen) atoms. The zero-order chi connectivity index (χ0) is 14.7. The summed E-state index contributed by atoms with van der Waals surface area (Å²) in [6.07, 6.45) is 0.829. The van der Waals surface area contributed by atoms with E-state index in [4.69, 9.17) is 9.84 Å². The molecule has 0 radical (unpaired) electrons. The Labute approximate surface area is 115 Å². The highest BCUT2D eigenvalue weighted by molar-refractivity contribution is 5.68. The lowest BCUT2D eigenvalue weighted by Crippen LogP contribution is -2.21. The first kappa shape index (κ1) is 14.1. The van der Waals surface area contributed by atoms with Gasteiger partial charge in [-0.25, -0.2) is 0 Å². The molecule has 1 N–H and O–H groups in total. The topological polar surface area (TPSA) is 92.9 Å². The van der Waals surface area contributed by atoms with Crippen molar-refractivity contribution < 1.29 is 19.6 Å². The minimum Gasteiger partial charge on any atom is -0.496 e. The highest BCUT2D eigenvalue weighted by Gasteiger charge is 2.29. The second kappa shape index (κ2) is 5.77. The predicted molar refractivity (Wildman–Crippen MR) is 72.2 cm³/mol. The van der Waals surface area contributed by atoms with Crippen LogP contribution in [0.15, 0.2) is 18.2 Å². The molecule has 1 aromatic carbocycles. The molecule has 0 amide bonds. The number of nitrogens with zero attached hydrogens (tertiary/aromatic N) is 2. The summed E-state index contributed by atoms with van der Waals surface area (Å²) in [5.74, 6) is -0.364. The number of methoxy groups -OCH3 is 1. The van der Waals surface area contributed by atoms with Crippen LogP contribution in [0, 0.1) is 16.0 Å². The first-order valence-electron chi connectivity index (χ1n) is 6.30. The largest absolute Gasteiger partial charge is 0.496 e. The number of nitro groups is 1. The van der Waals surface area contributed by atoms with Crippen molar-refractivity contribution >= 4 is 17.3 Å². The second-order valence-corrected chi connectivity index (χ2v) is 4.81. The van der Waals surface area contributed by atoms with E-state index in [2.05, 4.69) is 0 Å². The second-order valence-electron chi connectivity index (χ2n) is 4.81. The number of nitro benzene ring substituents is 1. The number of hydrogen-bond donors (Lipinski definition) is 1. The van der Waals surface area contributed by atoms with Gasteiger partial charge in [0.2, 0.25) is 0 Å². The van der Waals surface area contributed by atoms with E-state index in [1.165, 1.54) is 13.2 Å². The molecule has 0 aromatic heterocycles. The third-order valence-corrected chi connectivity index (χ3v) is 3.47. The monoisotopic (exact) mass is 280 g/mol. The standard InChI is InChI=1S/C13H16N2O5/c1-20-10-2-3-11(12(7-10)15(18)19)14-5-4-9(8-14)6-13(16)17/h2-3,7,9H,4-6,8H2,1H3,(H,16,17). The van der Waals surface area contributed by atoms with Crippen molar-refractivity contribution in [2.45, 2.75) is 12.8 Å². The smallest absolute Gasteiger partial charge is 0.303 e. The number of ether oxygens (including phenoxy) is 1. The maximum atomic E-state index is 11.1. The number of carbonyl (C=O) groups is 1. The molecule has 1 aromatic rings. The number of benzene rings is 1. The van der Waals surface area contributed by atoms with Gasteiger partial charge in [0.05, 0.1) is 18.1 Å². The molecule has 1 saturated heterocycles. The van der Waals surface area contributed by atoms with Gasteiger partial charge in [-0.05, 0) is 24.5 Å². The maximum Gasteiger partial charge on any atom is 0.303 e. The van der Waals surface area contributed by atoms with Crippen LogP contribution in [-0.2, 0) is 4.79 Å². The molecule has 7 nitrogen and oxygen atoms in total. The van der Waals surface area contributed by atoms with Gasteiger partial charge < -0.3 is 14.7 Å². The van der Waals surface area contributed by atoms with Crippen LogP contribution in [0.2, 0.25) is 0 Å². The number of carboxylic acids is 1. The van der Waals surface area contributed by atoms with Crippen LogP contribution >= 0.6 is 0 Å². The molecule has 1 aliphatic rings. The van der Waals surface area contributed by atoms with Crippen LogP contribution in [0.25, 0.3) is 0 Å². The first-order chi connectivity index (χ1) is 9.51. The van der Waals surface area contributed by atoms with E-state index in [1.54, 1.807) is 12.1 Å². The van der Waals surface area contributed by atoms with Gasteiger partial charge in [-0.2, -0.15) is 0 Å².